The predicted molar refractivity (Wildman–Crippen MR) is 50.7 cm³/mol. The van der Waals surface area contributed by atoms with E-state index in [4.69, 9.17) is 4.74 Å². The summed E-state index contributed by atoms with van der Waals surface area (Å²) in [6.07, 6.45) is 4.98. The minimum absolute atomic E-state index is 0.467. The molecule has 13 heavy (non-hydrogen) atoms. The summed E-state index contributed by atoms with van der Waals surface area (Å²) in [7, 11) is 0. The van der Waals surface area contributed by atoms with Gasteiger partial charge in [-0.1, -0.05) is 0 Å². The van der Waals surface area contributed by atoms with Gasteiger partial charge in [0.25, 0.3) is 0 Å². The van der Waals surface area contributed by atoms with E-state index >= 15 is 0 Å². The van der Waals surface area contributed by atoms with Gasteiger partial charge in [-0.05, 0) is 13.3 Å². The Kier molecular flexibility index (Phi) is 2.49. The molecule has 2 rings (SSSR count). The zero-order valence-corrected chi connectivity index (χ0v) is 7.86. The Morgan fingerprint density at radius 1 is 1.77 bits per heavy atom. The van der Waals surface area contributed by atoms with E-state index in [9.17, 15) is 0 Å². The number of nitrogens with zero attached hydrogens (tertiary/aromatic N) is 2. The average Bonchev–Trinajstić information content (AvgIpc) is 2.76. The van der Waals surface area contributed by atoms with Crippen molar-refractivity contribution in [3.63, 3.8) is 0 Å². The molecule has 1 fully saturated rings. The van der Waals surface area contributed by atoms with Crippen LogP contribution in [0.1, 0.15) is 13.3 Å². The monoisotopic (exact) mass is 181 g/mol. The van der Waals surface area contributed by atoms with Crippen LogP contribution in [-0.4, -0.2) is 29.0 Å². The van der Waals surface area contributed by atoms with Crippen molar-refractivity contribution >= 4 is 5.69 Å². The Balaban J connectivity index is 1.92. The number of anilines is 1. The summed E-state index contributed by atoms with van der Waals surface area (Å²) < 4.78 is 7.19. The molecule has 0 aromatic carbocycles. The van der Waals surface area contributed by atoms with Crippen LogP contribution in [0.4, 0.5) is 5.69 Å². The van der Waals surface area contributed by atoms with Gasteiger partial charge in [0, 0.05) is 19.3 Å². The summed E-state index contributed by atoms with van der Waals surface area (Å²) in [5.74, 6) is 0. The van der Waals surface area contributed by atoms with Crippen molar-refractivity contribution in [3.05, 3.63) is 12.4 Å². The van der Waals surface area contributed by atoms with Gasteiger partial charge in [0.15, 0.2) is 0 Å². The second-order valence-corrected chi connectivity index (χ2v) is 3.29. The van der Waals surface area contributed by atoms with Crippen LogP contribution in [0.15, 0.2) is 12.4 Å². The first-order valence-electron chi connectivity index (χ1n) is 4.75. The lowest BCUT2D eigenvalue weighted by atomic mass is 10.2. The second-order valence-electron chi connectivity index (χ2n) is 3.29. The third-order valence-electron chi connectivity index (χ3n) is 2.26. The lowest BCUT2D eigenvalue weighted by Crippen LogP contribution is -2.18. The third-order valence-corrected chi connectivity index (χ3v) is 2.26. The summed E-state index contributed by atoms with van der Waals surface area (Å²) in [5, 5.41) is 7.58. The highest BCUT2D eigenvalue weighted by molar-refractivity contribution is 5.39. The molecule has 72 valence electrons. The maximum Gasteiger partial charge on any atom is 0.0729 e. The van der Waals surface area contributed by atoms with E-state index in [0.717, 1.165) is 31.9 Å². The van der Waals surface area contributed by atoms with Gasteiger partial charge < -0.3 is 10.1 Å². The Labute approximate surface area is 77.9 Å². The summed E-state index contributed by atoms with van der Waals surface area (Å²) >= 11 is 0. The molecule has 1 saturated heterocycles. The van der Waals surface area contributed by atoms with Crippen LogP contribution < -0.4 is 5.32 Å². The van der Waals surface area contributed by atoms with Crippen molar-refractivity contribution in [2.45, 2.75) is 25.9 Å². The van der Waals surface area contributed by atoms with E-state index in [1.807, 2.05) is 17.1 Å². The van der Waals surface area contributed by atoms with Gasteiger partial charge >= 0.3 is 0 Å². The Hall–Kier alpha value is -1.03. The second kappa shape index (κ2) is 3.79. The Morgan fingerprint density at radius 3 is 3.31 bits per heavy atom. The predicted octanol–water partition coefficient (Wildman–Crippen LogP) is 1.10. The van der Waals surface area contributed by atoms with Gasteiger partial charge in [-0.15, -0.1) is 0 Å². The number of rotatable bonds is 3. The molecule has 1 atom stereocenters. The lowest BCUT2D eigenvalue weighted by Gasteiger charge is -2.08. The highest BCUT2D eigenvalue weighted by Crippen LogP contribution is 2.12. The fourth-order valence-corrected chi connectivity index (χ4v) is 1.50. The Morgan fingerprint density at radius 2 is 2.69 bits per heavy atom. The molecule has 1 unspecified atom stereocenters. The summed E-state index contributed by atoms with van der Waals surface area (Å²) in [4.78, 5) is 0. The number of hydrogen-bond acceptors (Lipinski definition) is 3. The SMILES string of the molecule is CCn1cc(NC2CCOC2)cn1. The van der Waals surface area contributed by atoms with Gasteiger partial charge in [0.05, 0.1) is 24.5 Å². The molecule has 0 amide bonds. The van der Waals surface area contributed by atoms with E-state index in [1.54, 1.807) is 0 Å². The number of ether oxygens (including phenoxy) is 1. The zero-order chi connectivity index (χ0) is 9.10. The first-order chi connectivity index (χ1) is 6.38. The van der Waals surface area contributed by atoms with Crippen LogP contribution in [0.2, 0.25) is 0 Å². The van der Waals surface area contributed by atoms with Crippen LogP contribution in [0.3, 0.4) is 0 Å². The van der Waals surface area contributed by atoms with Gasteiger partial charge in [-0.3, -0.25) is 4.68 Å². The standard InChI is InChI=1S/C9H15N3O/c1-2-12-6-9(5-10-12)11-8-3-4-13-7-8/h5-6,8,11H,2-4,7H2,1H3. The number of hydrogen-bond donors (Lipinski definition) is 1. The van der Waals surface area contributed by atoms with Crippen LogP contribution >= 0.6 is 0 Å². The molecule has 1 N–H and O–H groups in total. The molecule has 2 heterocycles. The van der Waals surface area contributed by atoms with E-state index in [2.05, 4.69) is 17.3 Å². The summed E-state index contributed by atoms with van der Waals surface area (Å²) in [6.45, 7) is 4.69. The molecular weight excluding hydrogens is 166 g/mol. The highest BCUT2D eigenvalue weighted by atomic mass is 16.5. The molecular formula is C9H15N3O. The van der Waals surface area contributed by atoms with Crippen molar-refractivity contribution in [1.82, 2.24) is 9.78 Å². The smallest absolute Gasteiger partial charge is 0.0729 e. The van der Waals surface area contributed by atoms with Crippen molar-refractivity contribution in [2.24, 2.45) is 0 Å². The van der Waals surface area contributed by atoms with Gasteiger partial charge in [0.2, 0.25) is 0 Å². The Bertz CT molecular complexity index is 266. The highest BCUT2D eigenvalue weighted by Gasteiger charge is 2.15. The molecule has 0 saturated carbocycles. The normalized spacial score (nSPS) is 22.1. The maximum absolute atomic E-state index is 5.27. The average molecular weight is 181 g/mol. The molecule has 1 aliphatic heterocycles. The molecule has 0 spiro atoms. The first-order valence-corrected chi connectivity index (χ1v) is 4.75. The van der Waals surface area contributed by atoms with Crippen molar-refractivity contribution in [2.75, 3.05) is 18.5 Å². The number of aryl methyl sites for hydroxylation is 1. The van der Waals surface area contributed by atoms with Crippen molar-refractivity contribution in [3.8, 4) is 0 Å². The van der Waals surface area contributed by atoms with Gasteiger partial charge in [-0.25, -0.2) is 0 Å². The van der Waals surface area contributed by atoms with Gasteiger partial charge in [0.1, 0.15) is 0 Å². The fraction of sp³-hybridized carbons (Fsp3) is 0.667. The van der Waals surface area contributed by atoms with Crippen molar-refractivity contribution < 1.29 is 4.74 Å². The molecule has 1 aromatic rings. The lowest BCUT2D eigenvalue weighted by molar-refractivity contribution is 0.195. The number of aromatic nitrogens is 2. The molecule has 1 aromatic heterocycles. The van der Waals surface area contributed by atoms with Crippen LogP contribution in [-0.2, 0) is 11.3 Å². The largest absolute Gasteiger partial charge is 0.379 e. The fourth-order valence-electron chi connectivity index (χ4n) is 1.50. The first kappa shape index (κ1) is 8.56. The topological polar surface area (TPSA) is 39.1 Å². The zero-order valence-electron chi connectivity index (χ0n) is 7.86. The van der Waals surface area contributed by atoms with E-state index < -0.39 is 0 Å². The quantitative estimate of drug-likeness (QED) is 0.759. The summed E-state index contributed by atoms with van der Waals surface area (Å²) in [6, 6.07) is 0.467. The molecule has 0 aliphatic carbocycles. The molecule has 0 bridgehead atoms. The maximum atomic E-state index is 5.27. The van der Waals surface area contributed by atoms with Crippen molar-refractivity contribution in [1.29, 1.82) is 0 Å². The molecule has 4 heteroatoms. The third kappa shape index (κ3) is 2.01. The summed E-state index contributed by atoms with van der Waals surface area (Å²) in [5.41, 5.74) is 1.09. The van der Waals surface area contributed by atoms with Crippen LogP contribution in [0.5, 0.6) is 0 Å². The minimum Gasteiger partial charge on any atom is -0.379 e. The van der Waals surface area contributed by atoms with E-state index in [0.29, 0.717) is 6.04 Å². The molecule has 0 radical (unpaired) electrons. The van der Waals surface area contributed by atoms with E-state index in [-0.39, 0.29) is 0 Å². The number of nitrogens with one attached hydrogen (secondary N) is 1. The van der Waals surface area contributed by atoms with E-state index in [1.165, 1.54) is 0 Å². The molecule has 1 aliphatic rings. The van der Waals surface area contributed by atoms with Gasteiger partial charge in [-0.2, -0.15) is 5.10 Å². The molecule has 4 nitrogen and oxygen atoms in total. The van der Waals surface area contributed by atoms with Crippen LogP contribution in [0, 0.1) is 0 Å². The minimum atomic E-state index is 0.467. The van der Waals surface area contributed by atoms with Crippen LogP contribution in [0.25, 0.3) is 0 Å².